The number of ether oxygens (including phenoxy) is 1. The van der Waals surface area contributed by atoms with E-state index in [2.05, 4.69) is 4.98 Å². The molecule has 0 bridgehead atoms. The molecule has 0 aliphatic carbocycles. The van der Waals surface area contributed by atoms with E-state index in [4.69, 9.17) is 10.5 Å². The zero-order chi connectivity index (χ0) is 9.84. The van der Waals surface area contributed by atoms with Crippen LogP contribution in [0.3, 0.4) is 0 Å². The molecule has 0 radical (unpaired) electrons. The van der Waals surface area contributed by atoms with Crippen LogP contribution in [0.25, 0.3) is 0 Å². The minimum Gasteiger partial charge on any atom is -0.376 e. The van der Waals surface area contributed by atoms with E-state index in [0.717, 1.165) is 10.6 Å². The van der Waals surface area contributed by atoms with E-state index in [0.29, 0.717) is 11.6 Å². The van der Waals surface area contributed by atoms with Crippen molar-refractivity contribution in [2.45, 2.75) is 13.5 Å². The second kappa shape index (κ2) is 4.45. The maximum Gasteiger partial charge on any atom is 0.216 e. The Morgan fingerprint density at radius 1 is 1.69 bits per heavy atom. The molecule has 1 heterocycles. The predicted octanol–water partition coefficient (Wildman–Crippen LogP) is 0.739. The lowest BCUT2D eigenvalue weighted by Gasteiger charge is -1.91. The number of rotatable bonds is 4. The van der Waals surface area contributed by atoms with Crippen LogP contribution in [-0.2, 0) is 11.3 Å². The molecule has 0 saturated heterocycles. The van der Waals surface area contributed by atoms with Gasteiger partial charge in [0, 0.05) is 18.5 Å². The number of hydrogen-bond acceptors (Lipinski definition) is 5. The fraction of sp³-hybridized carbons (Fsp3) is 0.500. The molecule has 0 unspecified atom stereocenters. The minimum absolute atomic E-state index is 0.0803. The fourth-order valence-corrected chi connectivity index (χ4v) is 1.79. The van der Waals surface area contributed by atoms with E-state index >= 15 is 0 Å². The number of Topliss-reactive ketones (excluding diaryl/α,β-unsaturated/α-hetero) is 1. The first-order chi connectivity index (χ1) is 6.19. The van der Waals surface area contributed by atoms with Gasteiger partial charge in [0.25, 0.3) is 0 Å². The van der Waals surface area contributed by atoms with Crippen LogP contribution >= 0.6 is 11.3 Å². The molecule has 4 nitrogen and oxygen atoms in total. The van der Waals surface area contributed by atoms with Gasteiger partial charge in [-0.2, -0.15) is 0 Å². The molecular formula is C8H12N2O2S. The van der Waals surface area contributed by atoms with Crippen LogP contribution in [0.1, 0.15) is 20.4 Å². The second-order valence-electron chi connectivity index (χ2n) is 2.59. The fourth-order valence-electron chi connectivity index (χ4n) is 0.930. The summed E-state index contributed by atoms with van der Waals surface area (Å²) >= 11 is 1.34. The summed E-state index contributed by atoms with van der Waals surface area (Å²) in [6.45, 7) is 2.36. The zero-order valence-corrected chi connectivity index (χ0v) is 8.48. The van der Waals surface area contributed by atoms with Crippen molar-refractivity contribution in [3.05, 3.63) is 15.6 Å². The number of carbonyl (C=O) groups excluding carboxylic acids is 1. The Morgan fingerprint density at radius 3 is 2.85 bits per heavy atom. The Morgan fingerprint density at radius 2 is 2.38 bits per heavy atom. The molecule has 72 valence electrons. The van der Waals surface area contributed by atoms with Gasteiger partial charge >= 0.3 is 0 Å². The van der Waals surface area contributed by atoms with Gasteiger partial charge in [-0.3, -0.25) is 4.79 Å². The first kappa shape index (κ1) is 10.3. The lowest BCUT2D eigenvalue weighted by atomic mass is 10.4. The van der Waals surface area contributed by atoms with Crippen molar-refractivity contribution in [2.75, 3.05) is 13.7 Å². The summed E-state index contributed by atoms with van der Waals surface area (Å²) in [5.74, 6) is -0.0877. The molecule has 13 heavy (non-hydrogen) atoms. The molecule has 0 aliphatic rings. The van der Waals surface area contributed by atoms with Gasteiger partial charge in [0.05, 0.1) is 5.69 Å². The highest BCUT2D eigenvalue weighted by Crippen LogP contribution is 2.17. The third-order valence-electron chi connectivity index (χ3n) is 1.59. The van der Waals surface area contributed by atoms with Gasteiger partial charge in [0.15, 0.2) is 5.01 Å². The summed E-state index contributed by atoms with van der Waals surface area (Å²) in [7, 11) is 1.49. The molecule has 0 fully saturated rings. The van der Waals surface area contributed by atoms with Gasteiger partial charge in [-0.1, -0.05) is 0 Å². The molecule has 0 aliphatic heterocycles. The Labute approximate surface area is 80.7 Å². The zero-order valence-electron chi connectivity index (χ0n) is 7.66. The topological polar surface area (TPSA) is 65.2 Å². The van der Waals surface area contributed by atoms with E-state index in [1.165, 1.54) is 18.4 Å². The molecule has 5 heteroatoms. The number of nitrogens with zero attached hydrogens (tertiary/aromatic N) is 1. The normalized spacial score (nSPS) is 10.4. The largest absolute Gasteiger partial charge is 0.376 e. The summed E-state index contributed by atoms with van der Waals surface area (Å²) < 4.78 is 4.73. The maximum atomic E-state index is 11.3. The average molecular weight is 200 g/mol. The minimum atomic E-state index is -0.0877. The number of nitrogens with two attached hydrogens (primary N) is 1. The van der Waals surface area contributed by atoms with Crippen molar-refractivity contribution >= 4 is 17.1 Å². The number of carbonyl (C=O) groups is 1. The van der Waals surface area contributed by atoms with Gasteiger partial charge in [0.1, 0.15) is 6.61 Å². The van der Waals surface area contributed by atoms with Gasteiger partial charge in [0.2, 0.25) is 5.78 Å². The number of methoxy groups -OCH3 is 1. The Bertz CT molecular complexity index is 309. The van der Waals surface area contributed by atoms with E-state index in [-0.39, 0.29) is 12.4 Å². The Balaban J connectivity index is 2.84. The highest BCUT2D eigenvalue weighted by Gasteiger charge is 2.12. The average Bonchev–Trinajstić information content (AvgIpc) is 2.47. The van der Waals surface area contributed by atoms with Crippen molar-refractivity contribution < 1.29 is 9.53 Å². The van der Waals surface area contributed by atoms with Crippen molar-refractivity contribution in [3.8, 4) is 0 Å². The first-order valence-electron chi connectivity index (χ1n) is 3.87. The second-order valence-corrected chi connectivity index (χ2v) is 3.67. The number of aryl methyl sites for hydroxylation is 1. The lowest BCUT2D eigenvalue weighted by Crippen LogP contribution is -2.06. The molecule has 0 aromatic carbocycles. The first-order valence-corrected chi connectivity index (χ1v) is 4.69. The molecule has 1 rings (SSSR count). The number of ketones is 1. The summed E-state index contributed by atoms with van der Waals surface area (Å²) in [4.78, 5) is 16.4. The lowest BCUT2D eigenvalue weighted by molar-refractivity contribution is 0.0847. The summed E-state index contributed by atoms with van der Waals surface area (Å²) in [6, 6.07) is 0. The SMILES string of the molecule is COCC(=O)c1nc(C)c(CN)s1. The van der Waals surface area contributed by atoms with Crippen LogP contribution in [0.4, 0.5) is 0 Å². The molecule has 2 N–H and O–H groups in total. The third kappa shape index (κ3) is 2.33. The number of aromatic nitrogens is 1. The van der Waals surface area contributed by atoms with Crippen LogP contribution in [0.2, 0.25) is 0 Å². The van der Waals surface area contributed by atoms with Crippen LogP contribution < -0.4 is 5.73 Å². The standard InChI is InChI=1S/C8H12N2O2S/c1-5-7(3-9)13-8(10-5)6(11)4-12-2/h3-4,9H2,1-2H3. The van der Waals surface area contributed by atoms with Gasteiger partial charge in [-0.05, 0) is 6.92 Å². The van der Waals surface area contributed by atoms with Crippen LogP contribution in [0.15, 0.2) is 0 Å². The summed E-state index contributed by atoms with van der Waals surface area (Å²) in [5.41, 5.74) is 6.31. The molecule has 0 atom stereocenters. The van der Waals surface area contributed by atoms with E-state index in [1.54, 1.807) is 0 Å². The molecule has 1 aromatic rings. The monoisotopic (exact) mass is 200 g/mol. The van der Waals surface area contributed by atoms with Gasteiger partial charge in [-0.15, -0.1) is 11.3 Å². The van der Waals surface area contributed by atoms with E-state index < -0.39 is 0 Å². The van der Waals surface area contributed by atoms with Crippen molar-refractivity contribution in [3.63, 3.8) is 0 Å². The van der Waals surface area contributed by atoms with Crippen LogP contribution in [0.5, 0.6) is 0 Å². The number of thiazole rings is 1. The quantitative estimate of drug-likeness (QED) is 0.728. The molecule has 0 saturated carbocycles. The highest BCUT2D eigenvalue weighted by molar-refractivity contribution is 7.13. The highest BCUT2D eigenvalue weighted by atomic mass is 32.1. The third-order valence-corrected chi connectivity index (χ3v) is 2.81. The van der Waals surface area contributed by atoms with Crippen molar-refractivity contribution in [1.82, 2.24) is 4.98 Å². The van der Waals surface area contributed by atoms with Crippen molar-refractivity contribution in [1.29, 1.82) is 0 Å². The van der Waals surface area contributed by atoms with Crippen LogP contribution in [-0.4, -0.2) is 24.5 Å². The summed E-state index contributed by atoms with van der Waals surface area (Å²) in [5, 5.41) is 0.486. The van der Waals surface area contributed by atoms with Gasteiger partial charge in [-0.25, -0.2) is 4.98 Å². The molecule has 1 aromatic heterocycles. The molecule has 0 amide bonds. The molecular weight excluding hydrogens is 188 g/mol. The smallest absolute Gasteiger partial charge is 0.216 e. The molecule has 0 spiro atoms. The number of hydrogen-bond donors (Lipinski definition) is 1. The van der Waals surface area contributed by atoms with E-state index in [1.807, 2.05) is 6.92 Å². The Hall–Kier alpha value is -0.780. The van der Waals surface area contributed by atoms with E-state index in [9.17, 15) is 4.79 Å². The van der Waals surface area contributed by atoms with Gasteiger partial charge < -0.3 is 10.5 Å². The maximum absolute atomic E-state index is 11.3. The van der Waals surface area contributed by atoms with Crippen LogP contribution in [0, 0.1) is 6.92 Å². The summed E-state index contributed by atoms with van der Waals surface area (Å²) in [6.07, 6.45) is 0. The predicted molar refractivity (Wildman–Crippen MR) is 50.9 cm³/mol. The van der Waals surface area contributed by atoms with Crippen molar-refractivity contribution in [2.24, 2.45) is 5.73 Å². The Kier molecular flexibility index (Phi) is 3.53.